The standard InChI is InChI=1S/C24H30N4O5/c1-2-3-4-15-27-21(29)16-32-22(30)14-7-17-5-12-20(13-6-17)33-23(31)18-8-10-19(11-9-18)28-24(25)26/h5-6,8-13H,2-4,7,14-16H2,1H3,(H,27,29)(H4,25,26,28). The Morgan fingerprint density at radius 1 is 0.970 bits per heavy atom. The Kier molecular flexibility index (Phi) is 10.4. The lowest BCUT2D eigenvalue weighted by atomic mass is 10.1. The van der Waals surface area contributed by atoms with E-state index >= 15 is 0 Å². The van der Waals surface area contributed by atoms with Gasteiger partial charge in [-0.15, -0.1) is 0 Å². The lowest BCUT2D eigenvalue weighted by molar-refractivity contribution is -0.148. The second kappa shape index (κ2) is 13.5. The van der Waals surface area contributed by atoms with E-state index in [1.54, 1.807) is 48.5 Å². The SMILES string of the molecule is CCCCCNC(=O)COC(=O)CCc1ccc(OC(=O)c2ccc(N=C(N)N)cc2)cc1. The Hall–Kier alpha value is -3.88. The molecule has 0 atom stereocenters. The Bertz CT molecular complexity index is 952. The van der Waals surface area contributed by atoms with E-state index in [4.69, 9.17) is 20.9 Å². The Balaban J connectivity index is 1.74. The molecule has 0 radical (unpaired) electrons. The van der Waals surface area contributed by atoms with Gasteiger partial charge in [-0.1, -0.05) is 31.9 Å². The van der Waals surface area contributed by atoms with E-state index in [2.05, 4.69) is 17.2 Å². The molecule has 2 rings (SSSR count). The molecule has 0 saturated carbocycles. The highest BCUT2D eigenvalue weighted by Gasteiger charge is 2.10. The summed E-state index contributed by atoms with van der Waals surface area (Å²) >= 11 is 0. The summed E-state index contributed by atoms with van der Waals surface area (Å²) in [7, 11) is 0. The highest BCUT2D eigenvalue weighted by molar-refractivity contribution is 5.91. The van der Waals surface area contributed by atoms with Crippen molar-refractivity contribution in [1.82, 2.24) is 5.32 Å². The molecule has 33 heavy (non-hydrogen) atoms. The molecule has 0 spiro atoms. The van der Waals surface area contributed by atoms with Gasteiger partial charge in [-0.05, 0) is 54.8 Å². The number of guanidine groups is 1. The van der Waals surface area contributed by atoms with Gasteiger partial charge in [0.2, 0.25) is 0 Å². The van der Waals surface area contributed by atoms with Crippen molar-refractivity contribution in [2.45, 2.75) is 39.0 Å². The van der Waals surface area contributed by atoms with Crippen molar-refractivity contribution >= 4 is 29.5 Å². The Morgan fingerprint density at radius 3 is 2.30 bits per heavy atom. The van der Waals surface area contributed by atoms with E-state index in [1.165, 1.54) is 0 Å². The van der Waals surface area contributed by atoms with Crippen molar-refractivity contribution in [1.29, 1.82) is 0 Å². The van der Waals surface area contributed by atoms with Gasteiger partial charge in [0.25, 0.3) is 5.91 Å². The van der Waals surface area contributed by atoms with Gasteiger partial charge >= 0.3 is 11.9 Å². The van der Waals surface area contributed by atoms with Crippen molar-refractivity contribution < 1.29 is 23.9 Å². The maximum absolute atomic E-state index is 12.3. The number of nitrogens with two attached hydrogens (primary N) is 2. The molecule has 2 aromatic carbocycles. The number of nitrogens with one attached hydrogen (secondary N) is 1. The minimum absolute atomic E-state index is 0.0676. The van der Waals surface area contributed by atoms with Crippen LogP contribution in [0.4, 0.5) is 5.69 Å². The molecular weight excluding hydrogens is 424 g/mol. The van der Waals surface area contributed by atoms with Crippen LogP contribution in [0, 0.1) is 0 Å². The topological polar surface area (TPSA) is 146 Å². The summed E-state index contributed by atoms with van der Waals surface area (Å²) in [5.41, 5.74) is 12.4. The number of aryl methyl sites for hydroxylation is 1. The number of benzene rings is 2. The summed E-state index contributed by atoms with van der Waals surface area (Å²) in [5, 5.41) is 2.72. The third kappa shape index (κ3) is 9.86. The summed E-state index contributed by atoms with van der Waals surface area (Å²) in [5.74, 6) is -0.952. The number of esters is 2. The van der Waals surface area contributed by atoms with E-state index in [9.17, 15) is 14.4 Å². The molecule has 0 aromatic heterocycles. The van der Waals surface area contributed by atoms with Gasteiger partial charge in [0.05, 0.1) is 11.3 Å². The predicted molar refractivity (Wildman–Crippen MR) is 125 cm³/mol. The molecule has 0 bridgehead atoms. The fourth-order valence-electron chi connectivity index (χ4n) is 2.83. The van der Waals surface area contributed by atoms with Crippen molar-refractivity contribution in [3.8, 4) is 5.75 Å². The van der Waals surface area contributed by atoms with Gasteiger partial charge < -0.3 is 26.3 Å². The largest absolute Gasteiger partial charge is 0.456 e. The lowest BCUT2D eigenvalue weighted by Gasteiger charge is -2.07. The average molecular weight is 455 g/mol. The molecule has 9 heteroatoms. The third-order valence-corrected chi connectivity index (χ3v) is 4.58. The van der Waals surface area contributed by atoms with Crippen LogP contribution >= 0.6 is 0 Å². The van der Waals surface area contributed by atoms with E-state index in [0.717, 1.165) is 24.8 Å². The average Bonchev–Trinajstić information content (AvgIpc) is 2.80. The first-order valence-corrected chi connectivity index (χ1v) is 10.8. The first kappa shape index (κ1) is 25.4. The second-order valence-corrected chi connectivity index (χ2v) is 7.33. The van der Waals surface area contributed by atoms with Gasteiger partial charge in [0, 0.05) is 13.0 Å². The van der Waals surface area contributed by atoms with E-state index in [0.29, 0.717) is 30.0 Å². The molecule has 5 N–H and O–H groups in total. The number of hydrogen-bond acceptors (Lipinski definition) is 6. The van der Waals surface area contributed by atoms with Gasteiger partial charge in [0.15, 0.2) is 12.6 Å². The number of hydrogen-bond donors (Lipinski definition) is 3. The van der Waals surface area contributed by atoms with E-state index in [1.807, 2.05) is 0 Å². The number of amides is 1. The van der Waals surface area contributed by atoms with Crippen LogP contribution < -0.4 is 21.5 Å². The summed E-state index contributed by atoms with van der Waals surface area (Å²) in [6, 6.07) is 13.2. The van der Waals surface area contributed by atoms with Crippen molar-refractivity contribution in [3.05, 3.63) is 59.7 Å². The monoisotopic (exact) mass is 454 g/mol. The molecule has 0 fully saturated rings. The molecule has 0 saturated heterocycles. The number of rotatable bonds is 12. The van der Waals surface area contributed by atoms with Crippen LogP contribution in [0.2, 0.25) is 0 Å². The first-order chi connectivity index (χ1) is 15.9. The quantitative estimate of drug-likeness (QED) is 0.147. The molecule has 176 valence electrons. The summed E-state index contributed by atoms with van der Waals surface area (Å²) in [4.78, 5) is 39.6. The van der Waals surface area contributed by atoms with Crippen LogP contribution in [0.5, 0.6) is 5.75 Å². The molecule has 0 heterocycles. The van der Waals surface area contributed by atoms with Gasteiger partial charge in [0.1, 0.15) is 5.75 Å². The number of carbonyl (C=O) groups is 3. The molecule has 9 nitrogen and oxygen atoms in total. The maximum Gasteiger partial charge on any atom is 0.343 e. The zero-order chi connectivity index (χ0) is 24.1. The molecular formula is C24H30N4O5. The Labute approximate surface area is 193 Å². The minimum atomic E-state index is -0.518. The summed E-state index contributed by atoms with van der Waals surface area (Å²) < 4.78 is 10.3. The highest BCUT2D eigenvalue weighted by Crippen LogP contribution is 2.17. The molecule has 2 aromatic rings. The minimum Gasteiger partial charge on any atom is -0.456 e. The second-order valence-electron chi connectivity index (χ2n) is 7.33. The van der Waals surface area contributed by atoms with Crippen LogP contribution in [-0.2, 0) is 20.7 Å². The molecule has 0 aliphatic heterocycles. The van der Waals surface area contributed by atoms with Gasteiger partial charge in [-0.2, -0.15) is 0 Å². The number of unbranched alkanes of at least 4 members (excludes halogenated alkanes) is 2. The van der Waals surface area contributed by atoms with Crippen LogP contribution in [-0.4, -0.2) is 37.0 Å². The zero-order valence-corrected chi connectivity index (χ0v) is 18.7. The number of ether oxygens (including phenoxy) is 2. The maximum atomic E-state index is 12.3. The Morgan fingerprint density at radius 2 is 1.67 bits per heavy atom. The molecule has 0 unspecified atom stereocenters. The van der Waals surface area contributed by atoms with Crippen molar-refractivity contribution in [2.24, 2.45) is 16.5 Å². The molecule has 0 aliphatic rings. The predicted octanol–water partition coefficient (Wildman–Crippen LogP) is 2.59. The number of nitrogens with zero attached hydrogens (tertiary/aromatic N) is 1. The normalized spacial score (nSPS) is 10.2. The van der Waals surface area contributed by atoms with Crippen molar-refractivity contribution in [3.63, 3.8) is 0 Å². The number of carbonyl (C=O) groups excluding carboxylic acids is 3. The lowest BCUT2D eigenvalue weighted by Crippen LogP contribution is -2.29. The molecule has 0 aliphatic carbocycles. The van der Waals surface area contributed by atoms with Gasteiger partial charge in [-0.25, -0.2) is 9.79 Å². The molecule has 1 amide bonds. The van der Waals surface area contributed by atoms with Crippen LogP contribution in [0.1, 0.15) is 48.5 Å². The van der Waals surface area contributed by atoms with Crippen LogP contribution in [0.3, 0.4) is 0 Å². The van der Waals surface area contributed by atoms with Crippen LogP contribution in [0.15, 0.2) is 53.5 Å². The van der Waals surface area contributed by atoms with E-state index in [-0.39, 0.29) is 24.9 Å². The smallest absolute Gasteiger partial charge is 0.343 e. The highest BCUT2D eigenvalue weighted by atomic mass is 16.5. The fraction of sp³-hybridized carbons (Fsp3) is 0.333. The summed E-state index contributed by atoms with van der Waals surface area (Å²) in [6.45, 7) is 2.40. The zero-order valence-electron chi connectivity index (χ0n) is 18.7. The van der Waals surface area contributed by atoms with Crippen LogP contribution in [0.25, 0.3) is 0 Å². The van der Waals surface area contributed by atoms with E-state index < -0.39 is 11.9 Å². The fourth-order valence-corrected chi connectivity index (χ4v) is 2.83. The number of aliphatic imine (C=N–C) groups is 1. The van der Waals surface area contributed by atoms with Gasteiger partial charge in [-0.3, -0.25) is 9.59 Å². The van der Waals surface area contributed by atoms with Crippen molar-refractivity contribution in [2.75, 3.05) is 13.2 Å². The first-order valence-electron chi connectivity index (χ1n) is 10.8. The third-order valence-electron chi connectivity index (χ3n) is 4.58. The summed E-state index contributed by atoms with van der Waals surface area (Å²) in [6.07, 6.45) is 3.62.